The molecule has 0 aliphatic carbocycles. The molecule has 0 aliphatic heterocycles. The predicted octanol–water partition coefficient (Wildman–Crippen LogP) is 2.83. The van der Waals surface area contributed by atoms with Crippen molar-refractivity contribution in [1.82, 2.24) is 15.3 Å². The molecule has 1 atom stereocenters. The number of hydrogen-bond donors (Lipinski definition) is 1. The van der Waals surface area contributed by atoms with Crippen LogP contribution in [0.3, 0.4) is 0 Å². The van der Waals surface area contributed by atoms with Crippen molar-refractivity contribution >= 4 is 0 Å². The van der Waals surface area contributed by atoms with E-state index in [0.29, 0.717) is 11.9 Å². The molecule has 1 N–H and O–H groups in total. The van der Waals surface area contributed by atoms with Gasteiger partial charge >= 0.3 is 0 Å². The predicted molar refractivity (Wildman–Crippen MR) is 78.4 cm³/mol. The van der Waals surface area contributed by atoms with Crippen molar-refractivity contribution < 1.29 is 4.74 Å². The van der Waals surface area contributed by atoms with Gasteiger partial charge in [0.1, 0.15) is 5.69 Å². The molecule has 108 valence electrons. The Kier molecular flexibility index (Phi) is 6.22. The fourth-order valence-electron chi connectivity index (χ4n) is 2.14. The van der Waals surface area contributed by atoms with Crippen LogP contribution in [0.15, 0.2) is 12.4 Å². The number of aromatic nitrogens is 2. The molecular weight excluding hydrogens is 238 g/mol. The number of ether oxygens (including phenoxy) is 1. The summed E-state index contributed by atoms with van der Waals surface area (Å²) in [5.41, 5.74) is 1.18. The summed E-state index contributed by atoms with van der Waals surface area (Å²) in [6.45, 7) is 10.1. The van der Waals surface area contributed by atoms with Gasteiger partial charge < -0.3 is 10.1 Å². The SMILES string of the molecule is CCCNC(CCc1nccnc1OC)C(C)(C)C. The van der Waals surface area contributed by atoms with Crippen molar-refractivity contribution in [3.63, 3.8) is 0 Å². The molecular formula is C15H27N3O. The van der Waals surface area contributed by atoms with Crippen LogP contribution in [0.5, 0.6) is 5.88 Å². The molecule has 0 fully saturated rings. The van der Waals surface area contributed by atoms with Crippen molar-refractivity contribution in [2.45, 2.75) is 53.0 Å². The fraction of sp³-hybridized carbons (Fsp3) is 0.733. The van der Waals surface area contributed by atoms with Crippen LogP contribution in [0.25, 0.3) is 0 Å². The standard InChI is InChI=1S/C15H27N3O/c1-6-9-17-13(15(2,3)4)8-7-12-14(19-5)18-11-10-16-12/h10-11,13,17H,6-9H2,1-5H3. The minimum atomic E-state index is 0.241. The summed E-state index contributed by atoms with van der Waals surface area (Å²) in [5.74, 6) is 0.644. The lowest BCUT2D eigenvalue weighted by molar-refractivity contribution is 0.254. The lowest BCUT2D eigenvalue weighted by Crippen LogP contribution is -2.41. The lowest BCUT2D eigenvalue weighted by atomic mass is 9.83. The monoisotopic (exact) mass is 265 g/mol. The Morgan fingerprint density at radius 2 is 1.95 bits per heavy atom. The van der Waals surface area contributed by atoms with Gasteiger partial charge in [0, 0.05) is 18.4 Å². The smallest absolute Gasteiger partial charge is 0.235 e. The second kappa shape index (κ2) is 7.43. The molecule has 0 saturated heterocycles. The molecule has 0 bridgehead atoms. The van der Waals surface area contributed by atoms with Gasteiger partial charge in [0.25, 0.3) is 0 Å². The van der Waals surface area contributed by atoms with E-state index in [1.54, 1.807) is 19.5 Å². The first-order chi connectivity index (χ1) is 8.99. The number of hydrogen-bond acceptors (Lipinski definition) is 4. The van der Waals surface area contributed by atoms with E-state index in [4.69, 9.17) is 4.74 Å². The van der Waals surface area contributed by atoms with Crippen LogP contribution < -0.4 is 10.1 Å². The molecule has 4 nitrogen and oxygen atoms in total. The summed E-state index contributed by atoms with van der Waals surface area (Å²) in [4.78, 5) is 8.56. The third kappa shape index (κ3) is 5.15. The first-order valence-electron chi connectivity index (χ1n) is 7.06. The summed E-state index contributed by atoms with van der Waals surface area (Å²) < 4.78 is 5.25. The fourth-order valence-corrected chi connectivity index (χ4v) is 2.14. The minimum Gasteiger partial charge on any atom is -0.480 e. The van der Waals surface area contributed by atoms with Crippen LogP contribution in [-0.2, 0) is 6.42 Å². The molecule has 1 aromatic rings. The molecule has 4 heteroatoms. The van der Waals surface area contributed by atoms with Crippen LogP contribution in [-0.4, -0.2) is 29.7 Å². The average Bonchev–Trinajstić information content (AvgIpc) is 2.37. The Bertz CT molecular complexity index is 374. The van der Waals surface area contributed by atoms with Gasteiger partial charge in [-0.2, -0.15) is 0 Å². The Labute approximate surface area is 117 Å². The van der Waals surface area contributed by atoms with Gasteiger partial charge in [0.2, 0.25) is 5.88 Å². The molecule has 19 heavy (non-hydrogen) atoms. The molecule has 1 rings (SSSR count). The minimum absolute atomic E-state index is 0.241. The van der Waals surface area contributed by atoms with E-state index in [0.717, 1.165) is 31.5 Å². The van der Waals surface area contributed by atoms with E-state index in [2.05, 4.69) is 43.0 Å². The van der Waals surface area contributed by atoms with Crippen molar-refractivity contribution in [2.24, 2.45) is 5.41 Å². The van der Waals surface area contributed by atoms with Gasteiger partial charge in [-0.15, -0.1) is 0 Å². The molecule has 1 heterocycles. The number of nitrogens with one attached hydrogen (secondary N) is 1. The van der Waals surface area contributed by atoms with Crippen LogP contribution in [0.4, 0.5) is 0 Å². The molecule has 0 saturated carbocycles. The largest absolute Gasteiger partial charge is 0.480 e. The average molecular weight is 265 g/mol. The first kappa shape index (κ1) is 15.9. The number of methoxy groups -OCH3 is 1. The maximum atomic E-state index is 5.25. The van der Waals surface area contributed by atoms with Gasteiger partial charge in [-0.25, -0.2) is 4.98 Å². The van der Waals surface area contributed by atoms with E-state index >= 15 is 0 Å². The summed E-state index contributed by atoms with van der Waals surface area (Å²) >= 11 is 0. The Balaban J connectivity index is 2.65. The van der Waals surface area contributed by atoms with Crippen LogP contribution in [0.1, 0.15) is 46.2 Å². The van der Waals surface area contributed by atoms with E-state index in [1.807, 2.05) is 0 Å². The molecule has 0 spiro atoms. The summed E-state index contributed by atoms with van der Waals surface area (Å²) in [7, 11) is 1.64. The maximum Gasteiger partial charge on any atom is 0.235 e. The molecule has 1 aromatic heterocycles. The Morgan fingerprint density at radius 3 is 2.53 bits per heavy atom. The van der Waals surface area contributed by atoms with Gasteiger partial charge in [0.15, 0.2) is 0 Å². The summed E-state index contributed by atoms with van der Waals surface area (Å²) in [6.07, 6.45) is 6.47. The zero-order chi connectivity index (χ0) is 14.3. The van der Waals surface area contributed by atoms with Crippen LogP contribution >= 0.6 is 0 Å². The molecule has 0 amide bonds. The van der Waals surface area contributed by atoms with Gasteiger partial charge in [-0.3, -0.25) is 4.98 Å². The molecule has 0 radical (unpaired) electrons. The second-order valence-corrected chi connectivity index (χ2v) is 5.92. The van der Waals surface area contributed by atoms with Gasteiger partial charge in [-0.05, 0) is 31.2 Å². The van der Waals surface area contributed by atoms with E-state index < -0.39 is 0 Å². The van der Waals surface area contributed by atoms with E-state index in [-0.39, 0.29) is 5.41 Å². The number of aryl methyl sites for hydroxylation is 1. The summed E-state index contributed by atoms with van der Waals surface area (Å²) in [6, 6.07) is 0.471. The normalized spacial score (nSPS) is 13.3. The van der Waals surface area contributed by atoms with Crippen molar-refractivity contribution in [3.05, 3.63) is 18.1 Å². The van der Waals surface area contributed by atoms with Gasteiger partial charge in [0.05, 0.1) is 7.11 Å². The highest BCUT2D eigenvalue weighted by Gasteiger charge is 2.24. The highest BCUT2D eigenvalue weighted by Crippen LogP contribution is 2.24. The highest BCUT2D eigenvalue weighted by molar-refractivity contribution is 5.17. The second-order valence-electron chi connectivity index (χ2n) is 5.92. The topological polar surface area (TPSA) is 47.0 Å². The van der Waals surface area contributed by atoms with Crippen LogP contribution in [0.2, 0.25) is 0 Å². The van der Waals surface area contributed by atoms with Crippen LogP contribution in [0, 0.1) is 5.41 Å². The molecule has 1 unspecified atom stereocenters. The zero-order valence-electron chi connectivity index (χ0n) is 12.9. The zero-order valence-corrected chi connectivity index (χ0v) is 12.9. The summed E-state index contributed by atoms with van der Waals surface area (Å²) in [5, 5.41) is 3.63. The quantitative estimate of drug-likeness (QED) is 0.823. The molecule has 0 aromatic carbocycles. The Hall–Kier alpha value is -1.16. The maximum absolute atomic E-state index is 5.25. The lowest BCUT2D eigenvalue weighted by Gasteiger charge is -2.31. The number of nitrogens with zero attached hydrogens (tertiary/aromatic N) is 2. The highest BCUT2D eigenvalue weighted by atomic mass is 16.5. The van der Waals surface area contributed by atoms with Crippen molar-refractivity contribution in [3.8, 4) is 5.88 Å². The first-order valence-corrected chi connectivity index (χ1v) is 7.06. The third-order valence-corrected chi connectivity index (χ3v) is 3.28. The van der Waals surface area contributed by atoms with E-state index in [9.17, 15) is 0 Å². The Morgan fingerprint density at radius 1 is 1.26 bits per heavy atom. The van der Waals surface area contributed by atoms with E-state index in [1.165, 1.54) is 0 Å². The van der Waals surface area contributed by atoms with Crippen molar-refractivity contribution in [1.29, 1.82) is 0 Å². The van der Waals surface area contributed by atoms with Crippen molar-refractivity contribution in [2.75, 3.05) is 13.7 Å². The third-order valence-electron chi connectivity index (χ3n) is 3.28. The number of rotatable bonds is 7. The molecule has 0 aliphatic rings. The van der Waals surface area contributed by atoms with Gasteiger partial charge in [-0.1, -0.05) is 27.7 Å².